The van der Waals surface area contributed by atoms with Crippen molar-refractivity contribution in [2.45, 2.75) is 6.61 Å². The highest BCUT2D eigenvalue weighted by atomic mass is 35.5. The van der Waals surface area contributed by atoms with E-state index in [9.17, 15) is 0 Å². The number of hydrogen-bond donors (Lipinski definition) is 0. The molecule has 0 unspecified atom stereocenters. The molecule has 21 heavy (non-hydrogen) atoms. The van der Waals surface area contributed by atoms with Crippen molar-refractivity contribution in [3.8, 4) is 5.88 Å². The van der Waals surface area contributed by atoms with Crippen molar-refractivity contribution in [3.05, 3.63) is 54.1 Å². The van der Waals surface area contributed by atoms with Crippen LogP contribution in [0.4, 0.5) is 0 Å². The van der Waals surface area contributed by atoms with Crippen molar-refractivity contribution in [3.63, 3.8) is 0 Å². The Hall–Kier alpha value is -2.11. The lowest BCUT2D eigenvalue weighted by molar-refractivity contribution is 0.297. The van der Waals surface area contributed by atoms with E-state index in [4.69, 9.17) is 27.9 Å². The third kappa shape index (κ3) is 2.84. The minimum Gasteiger partial charge on any atom is -0.471 e. The summed E-state index contributed by atoms with van der Waals surface area (Å²) in [6, 6.07) is 9.81. The Morgan fingerprint density at radius 2 is 2.00 bits per heavy atom. The normalized spacial score (nSPS) is 11.8. The van der Waals surface area contributed by atoms with E-state index in [1.165, 1.54) is 18.2 Å². The molecule has 0 bridgehead atoms. The first kappa shape index (κ1) is 13.9. The monoisotopic (exact) mass is 320 g/mol. The molecule has 0 atom stereocenters. The molecule has 3 rings (SSSR count). The topological polar surface area (TPSA) is 52.8 Å². The predicted molar refractivity (Wildman–Crippen MR) is 82.1 cm³/mol. The summed E-state index contributed by atoms with van der Waals surface area (Å²) < 4.78 is 7.27. The molecule has 2 heterocycles. The molecule has 7 heteroatoms. The molecule has 0 amide bonds. The van der Waals surface area contributed by atoms with Gasteiger partial charge in [0, 0.05) is 5.54 Å². The molecule has 2 aromatic heterocycles. The van der Waals surface area contributed by atoms with Gasteiger partial charge in [-0.1, -0.05) is 53.5 Å². The van der Waals surface area contributed by atoms with Crippen molar-refractivity contribution in [2.75, 3.05) is 0 Å². The van der Waals surface area contributed by atoms with Crippen molar-refractivity contribution in [1.29, 1.82) is 0 Å². The van der Waals surface area contributed by atoms with Gasteiger partial charge < -0.3 is 4.74 Å². The van der Waals surface area contributed by atoms with Gasteiger partial charge in [0.1, 0.15) is 24.4 Å². The largest absolute Gasteiger partial charge is 0.471 e. The molecule has 0 saturated carbocycles. The van der Waals surface area contributed by atoms with E-state index < -0.39 is 0 Å². The van der Waals surface area contributed by atoms with E-state index >= 15 is 0 Å². The third-order valence-electron chi connectivity index (χ3n) is 2.84. The fraction of sp³-hybridized carbons (Fsp3) is 0.0714. The smallest absolute Gasteiger partial charge is 0.245 e. The summed E-state index contributed by atoms with van der Waals surface area (Å²) in [6.45, 7) is 0.402. The molecule has 0 spiro atoms. The van der Waals surface area contributed by atoms with Crippen LogP contribution in [0.5, 0.6) is 5.88 Å². The van der Waals surface area contributed by atoms with E-state index in [1.807, 2.05) is 30.3 Å². The van der Waals surface area contributed by atoms with Gasteiger partial charge in [0.2, 0.25) is 5.88 Å². The second-order valence-corrected chi connectivity index (χ2v) is 4.78. The Balaban J connectivity index is 1.91. The van der Waals surface area contributed by atoms with Gasteiger partial charge in [0.15, 0.2) is 11.2 Å². The van der Waals surface area contributed by atoms with E-state index in [0.29, 0.717) is 28.8 Å². The SMILES string of the molecule is Cl/C=C(\Cl)n1cnc2c(OCc3ccccc3)ncnc21. The second kappa shape index (κ2) is 6.11. The first-order chi connectivity index (χ1) is 10.3. The highest BCUT2D eigenvalue weighted by Gasteiger charge is 2.12. The van der Waals surface area contributed by atoms with Crippen LogP contribution in [0.25, 0.3) is 16.3 Å². The Morgan fingerprint density at radius 3 is 2.76 bits per heavy atom. The zero-order valence-electron chi connectivity index (χ0n) is 10.8. The summed E-state index contributed by atoms with van der Waals surface area (Å²) in [5.74, 6) is 0.404. The molecule has 3 aromatic rings. The molecule has 0 aliphatic heterocycles. The van der Waals surface area contributed by atoms with Crippen LogP contribution in [0.1, 0.15) is 5.56 Å². The molecule has 0 N–H and O–H groups in total. The molecule has 0 aliphatic carbocycles. The Kier molecular flexibility index (Phi) is 4.03. The number of fused-ring (bicyclic) bond motifs is 1. The highest BCUT2D eigenvalue weighted by Crippen LogP contribution is 2.24. The van der Waals surface area contributed by atoms with Crippen LogP contribution >= 0.6 is 23.2 Å². The minimum atomic E-state index is 0.298. The first-order valence-corrected chi connectivity index (χ1v) is 6.92. The van der Waals surface area contributed by atoms with Gasteiger partial charge in [-0.15, -0.1) is 0 Å². The molecular formula is C14H10Cl2N4O. The zero-order valence-corrected chi connectivity index (χ0v) is 12.3. The van der Waals surface area contributed by atoms with Crippen LogP contribution in [0.3, 0.4) is 0 Å². The number of imidazole rings is 1. The molecule has 0 radical (unpaired) electrons. The molecule has 106 valence electrons. The number of rotatable bonds is 4. The van der Waals surface area contributed by atoms with Crippen LogP contribution in [-0.2, 0) is 6.61 Å². The average Bonchev–Trinajstić information content (AvgIpc) is 2.97. The molecular weight excluding hydrogens is 311 g/mol. The maximum atomic E-state index is 5.99. The van der Waals surface area contributed by atoms with Crippen LogP contribution in [0, 0.1) is 0 Å². The number of halogens is 2. The van der Waals surface area contributed by atoms with Gasteiger partial charge >= 0.3 is 0 Å². The van der Waals surface area contributed by atoms with Crippen LogP contribution < -0.4 is 4.74 Å². The number of hydrogen-bond acceptors (Lipinski definition) is 4. The fourth-order valence-corrected chi connectivity index (χ4v) is 2.08. The maximum Gasteiger partial charge on any atom is 0.245 e. The van der Waals surface area contributed by atoms with Crippen LogP contribution in [0.2, 0.25) is 0 Å². The standard InChI is InChI=1S/C14H10Cl2N4O/c15-6-11(16)20-9-19-12-13(20)17-8-18-14(12)21-7-10-4-2-1-3-5-10/h1-6,8-9H,7H2/b11-6+. The van der Waals surface area contributed by atoms with E-state index in [1.54, 1.807) is 4.57 Å². The zero-order chi connectivity index (χ0) is 14.7. The van der Waals surface area contributed by atoms with Crippen LogP contribution in [-0.4, -0.2) is 19.5 Å². The van der Waals surface area contributed by atoms with Crippen LogP contribution in [0.15, 0.2) is 48.5 Å². The minimum absolute atomic E-state index is 0.298. The van der Waals surface area contributed by atoms with Gasteiger partial charge in [-0.3, -0.25) is 4.57 Å². The van der Waals surface area contributed by atoms with Gasteiger partial charge in [-0.2, -0.15) is 4.98 Å². The summed E-state index contributed by atoms with van der Waals surface area (Å²) in [5.41, 5.74) is 3.36. The molecule has 0 saturated heterocycles. The van der Waals surface area contributed by atoms with Gasteiger partial charge in [0.25, 0.3) is 0 Å². The Bertz CT molecular complexity index is 786. The van der Waals surface area contributed by atoms with Gasteiger partial charge in [-0.05, 0) is 5.56 Å². The lowest BCUT2D eigenvalue weighted by Gasteiger charge is -2.05. The average molecular weight is 321 g/mol. The summed E-state index contributed by atoms with van der Waals surface area (Å²) in [6.07, 6.45) is 2.93. The second-order valence-electron chi connectivity index (χ2n) is 4.17. The number of nitrogens with zero attached hydrogens (tertiary/aromatic N) is 4. The van der Waals surface area contributed by atoms with Gasteiger partial charge in [0.05, 0.1) is 0 Å². The quantitative estimate of drug-likeness (QED) is 0.736. The Morgan fingerprint density at radius 1 is 1.19 bits per heavy atom. The molecule has 0 aliphatic rings. The maximum absolute atomic E-state index is 5.99. The summed E-state index contributed by atoms with van der Waals surface area (Å²) >= 11 is 11.6. The molecule has 1 aromatic carbocycles. The van der Waals surface area contributed by atoms with E-state index in [0.717, 1.165) is 5.56 Å². The lowest BCUT2D eigenvalue weighted by atomic mass is 10.2. The van der Waals surface area contributed by atoms with E-state index in [2.05, 4.69) is 15.0 Å². The summed E-state index contributed by atoms with van der Waals surface area (Å²) in [4.78, 5) is 12.5. The van der Waals surface area contributed by atoms with Crippen molar-refractivity contribution in [1.82, 2.24) is 19.5 Å². The highest BCUT2D eigenvalue weighted by molar-refractivity contribution is 6.50. The fourth-order valence-electron chi connectivity index (χ4n) is 1.85. The van der Waals surface area contributed by atoms with Crippen molar-refractivity contribution in [2.24, 2.45) is 0 Å². The van der Waals surface area contributed by atoms with E-state index in [-0.39, 0.29) is 0 Å². The number of aromatic nitrogens is 4. The number of benzene rings is 1. The lowest BCUT2D eigenvalue weighted by Crippen LogP contribution is -1.99. The third-order valence-corrected chi connectivity index (χ3v) is 3.45. The molecule has 5 nitrogen and oxygen atoms in total. The predicted octanol–water partition coefficient (Wildman–Crippen LogP) is 3.64. The number of ether oxygens (including phenoxy) is 1. The van der Waals surface area contributed by atoms with Gasteiger partial charge in [-0.25, -0.2) is 9.97 Å². The van der Waals surface area contributed by atoms with Crippen molar-refractivity contribution >= 4 is 39.5 Å². The summed E-state index contributed by atoms with van der Waals surface area (Å²) in [5, 5.41) is 0.298. The summed E-state index contributed by atoms with van der Waals surface area (Å²) in [7, 11) is 0. The van der Waals surface area contributed by atoms with Crippen molar-refractivity contribution < 1.29 is 4.74 Å². The first-order valence-electron chi connectivity index (χ1n) is 6.10. The Labute approximate surface area is 130 Å². The molecule has 0 fully saturated rings.